The first-order chi connectivity index (χ1) is 24.4. The lowest BCUT2D eigenvalue weighted by atomic mass is 9.89. The molecule has 4 aliphatic rings. The standard InChI is InChI=1S/C41H42N2O7/c1-27-36(25-42-18-16-41(17-19-42)47-20-21-48-41)49-40(50-37(27)30-14-12-28(26-44)13-15-30)33-9-5-8-32(23-33)31-7-4-6-29(22-31)24-43-38(45)34-10-2-3-11-35(34)39(43)46/h2-15,22-23,27,36-37,40,44H,16-21,24-26H2,1H3. The highest BCUT2D eigenvalue weighted by atomic mass is 16.7. The van der Waals surface area contributed by atoms with Gasteiger partial charge in [0, 0.05) is 44.0 Å². The van der Waals surface area contributed by atoms with Crippen molar-refractivity contribution in [1.82, 2.24) is 9.80 Å². The highest BCUT2D eigenvalue weighted by Gasteiger charge is 2.43. The molecule has 4 unspecified atom stereocenters. The van der Waals surface area contributed by atoms with Crippen molar-refractivity contribution < 1.29 is 33.6 Å². The van der Waals surface area contributed by atoms with E-state index in [1.807, 2.05) is 60.7 Å². The molecule has 0 aromatic heterocycles. The Hall–Kier alpha value is -4.22. The maximum atomic E-state index is 13.0. The molecule has 4 aromatic carbocycles. The SMILES string of the molecule is CC1C(CN2CCC3(CC2)OCCO3)OC(c2cccc(-c3cccc(CN4C(=O)c5ccccc5C4=O)c3)c2)OC1c1ccc(CO)cc1. The lowest BCUT2D eigenvalue weighted by Crippen LogP contribution is -2.50. The van der Waals surface area contributed by atoms with Crippen LogP contribution in [0.1, 0.15) is 75.1 Å². The van der Waals surface area contributed by atoms with Gasteiger partial charge in [0.25, 0.3) is 11.8 Å². The summed E-state index contributed by atoms with van der Waals surface area (Å²) in [6, 6.07) is 31.1. The number of hydrogen-bond acceptors (Lipinski definition) is 8. The zero-order valence-corrected chi connectivity index (χ0v) is 28.2. The van der Waals surface area contributed by atoms with Crippen molar-refractivity contribution in [2.75, 3.05) is 32.8 Å². The van der Waals surface area contributed by atoms with Crippen molar-refractivity contribution in [2.45, 2.75) is 57.2 Å². The smallest absolute Gasteiger partial charge is 0.261 e. The number of benzene rings is 4. The molecule has 9 heteroatoms. The fraction of sp³-hybridized carbons (Fsp3) is 0.366. The lowest BCUT2D eigenvalue weighted by Gasteiger charge is -2.44. The van der Waals surface area contributed by atoms with Gasteiger partial charge in [-0.2, -0.15) is 0 Å². The molecule has 4 aromatic rings. The van der Waals surface area contributed by atoms with E-state index in [1.165, 1.54) is 4.90 Å². The van der Waals surface area contributed by atoms with Crippen LogP contribution < -0.4 is 0 Å². The number of fused-ring (bicyclic) bond motifs is 1. The molecule has 0 radical (unpaired) electrons. The Balaban J connectivity index is 1.03. The molecule has 4 aliphatic heterocycles. The second-order valence-electron chi connectivity index (χ2n) is 13.8. The molecule has 1 N–H and O–H groups in total. The van der Waals surface area contributed by atoms with Crippen LogP contribution in [0, 0.1) is 5.92 Å². The third-order valence-electron chi connectivity index (χ3n) is 10.6. The van der Waals surface area contributed by atoms with Crippen molar-refractivity contribution >= 4 is 11.8 Å². The van der Waals surface area contributed by atoms with Crippen LogP contribution >= 0.6 is 0 Å². The van der Waals surface area contributed by atoms with Gasteiger partial charge in [0.05, 0.1) is 49.7 Å². The highest BCUT2D eigenvalue weighted by Crippen LogP contribution is 2.43. The predicted octanol–water partition coefficient (Wildman–Crippen LogP) is 6.27. The van der Waals surface area contributed by atoms with Crippen LogP contribution in [0.2, 0.25) is 0 Å². The normalized spacial score (nSPS) is 25.0. The van der Waals surface area contributed by atoms with Crippen LogP contribution in [0.15, 0.2) is 97.1 Å². The summed E-state index contributed by atoms with van der Waals surface area (Å²) < 4.78 is 25.5. The van der Waals surface area contributed by atoms with Crippen molar-refractivity contribution in [3.8, 4) is 11.1 Å². The Morgan fingerprint density at radius 1 is 0.740 bits per heavy atom. The first-order valence-corrected chi connectivity index (χ1v) is 17.6. The Morgan fingerprint density at radius 2 is 1.40 bits per heavy atom. The number of imide groups is 1. The average Bonchev–Trinajstić information content (AvgIpc) is 3.72. The molecule has 2 amide bonds. The molecule has 0 aliphatic carbocycles. The van der Waals surface area contributed by atoms with E-state index < -0.39 is 12.1 Å². The molecule has 0 saturated carbocycles. The van der Waals surface area contributed by atoms with E-state index in [0.717, 1.165) is 65.9 Å². The Kier molecular flexibility index (Phi) is 9.11. The van der Waals surface area contributed by atoms with Gasteiger partial charge in [-0.05, 0) is 52.1 Å². The van der Waals surface area contributed by atoms with E-state index in [2.05, 4.69) is 24.0 Å². The molecule has 0 bridgehead atoms. The fourth-order valence-electron chi connectivity index (χ4n) is 7.72. The van der Waals surface area contributed by atoms with Gasteiger partial charge in [0.1, 0.15) is 0 Å². The number of carbonyl (C=O) groups excluding carboxylic acids is 2. The molecular formula is C41H42N2O7. The van der Waals surface area contributed by atoms with Crippen molar-refractivity contribution in [1.29, 1.82) is 0 Å². The van der Waals surface area contributed by atoms with Crippen LogP contribution in [-0.4, -0.2) is 71.5 Å². The van der Waals surface area contributed by atoms with E-state index >= 15 is 0 Å². The Bertz CT molecular complexity index is 1830. The lowest BCUT2D eigenvalue weighted by molar-refractivity contribution is -0.278. The summed E-state index contributed by atoms with van der Waals surface area (Å²) in [4.78, 5) is 29.8. The van der Waals surface area contributed by atoms with Crippen molar-refractivity contribution in [2.24, 2.45) is 5.92 Å². The second kappa shape index (κ2) is 13.8. The van der Waals surface area contributed by atoms with Gasteiger partial charge in [0.2, 0.25) is 0 Å². The monoisotopic (exact) mass is 674 g/mol. The zero-order chi connectivity index (χ0) is 34.2. The number of hydrogen-bond donors (Lipinski definition) is 1. The van der Waals surface area contributed by atoms with E-state index in [4.69, 9.17) is 18.9 Å². The van der Waals surface area contributed by atoms with E-state index in [1.54, 1.807) is 24.3 Å². The van der Waals surface area contributed by atoms with Crippen LogP contribution in [0.3, 0.4) is 0 Å². The highest BCUT2D eigenvalue weighted by molar-refractivity contribution is 6.21. The van der Waals surface area contributed by atoms with Gasteiger partial charge in [-0.15, -0.1) is 0 Å². The number of carbonyl (C=O) groups is 2. The van der Waals surface area contributed by atoms with Gasteiger partial charge in [-0.1, -0.05) is 79.7 Å². The van der Waals surface area contributed by atoms with Crippen LogP contribution in [-0.2, 0) is 32.1 Å². The average molecular weight is 675 g/mol. The van der Waals surface area contributed by atoms with Gasteiger partial charge in [-0.3, -0.25) is 14.5 Å². The predicted molar refractivity (Wildman–Crippen MR) is 186 cm³/mol. The second-order valence-corrected chi connectivity index (χ2v) is 13.8. The number of nitrogens with zero attached hydrogens (tertiary/aromatic N) is 2. The van der Waals surface area contributed by atoms with Crippen LogP contribution in [0.25, 0.3) is 11.1 Å². The van der Waals surface area contributed by atoms with Crippen LogP contribution in [0.5, 0.6) is 0 Å². The maximum absolute atomic E-state index is 13.0. The molecule has 1 spiro atoms. The number of likely N-dealkylation sites (tertiary alicyclic amines) is 1. The third kappa shape index (κ3) is 6.41. The molecule has 8 rings (SSSR count). The van der Waals surface area contributed by atoms with E-state index in [9.17, 15) is 14.7 Å². The Labute approximate surface area is 292 Å². The Morgan fingerprint density at radius 3 is 2.08 bits per heavy atom. The minimum atomic E-state index is -0.599. The molecule has 9 nitrogen and oxygen atoms in total. The molecule has 50 heavy (non-hydrogen) atoms. The molecular weight excluding hydrogens is 632 g/mol. The van der Waals surface area contributed by atoms with E-state index in [0.29, 0.717) is 24.3 Å². The molecule has 4 heterocycles. The van der Waals surface area contributed by atoms with E-state index in [-0.39, 0.29) is 43.1 Å². The number of aliphatic hydroxyl groups is 1. The third-order valence-corrected chi connectivity index (χ3v) is 10.6. The van der Waals surface area contributed by atoms with Gasteiger partial charge in [-0.25, -0.2) is 0 Å². The number of rotatable bonds is 8. The summed E-state index contributed by atoms with van der Waals surface area (Å²) in [6.07, 6.45) is 0.776. The van der Waals surface area contributed by atoms with Crippen molar-refractivity contribution in [3.63, 3.8) is 0 Å². The zero-order valence-electron chi connectivity index (χ0n) is 28.2. The number of piperidine rings is 1. The first kappa shape index (κ1) is 33.0. The molecule has 3 fully saturated rings. The van der Waals surface area contributed by atoms with Gasteiger partial charge in [0.15, 0.2) is 12.1 Å². The van der Waals surface area contributed by atoms with Gasteiger partial charge < -0.3 is 29.0 Å². The largest absolute Gasteiger partial charge is 0.392 e. The van der Waals surface area contributed by atoms with Gasteiger partial charge >= 0.3 is 0 Å². The van der Waals surface area contributed by atoms with Crippen LogP contribution in [0.4, 0.5) is 0 Å². The maximum Gasteiger partial charge on any atom is 0.261 e. The minimum absolute atomic E-state index is 0.00805. The number of ether oxygens (including phenoxy) is 4. The number of aliphatic hydroxyl groups excluding tert-OH is 1. The summed E-state index contributed by atoms with van der Waals surface area (Å²) >= 11 is 0. The summed E-state index contributed by atoms with van der Waals surface area (Å²) in [5.74, 6) is -0.889. The minimum Gasteiger partial charge on any atom is -0.392 e. The topological polar surface area (TPSA) is 97.8 Å². The molecule has 4 atom stereocenters. The molecule has 3 saturated heterocycles. The summed E-state index contributed by atoms with van der Waals surface area (Å²) in [7, 11) is 0. The first-order valence-electron chi connectivity index (χ1n) is 17.6. The quantitative estimate of drug-likeness (QED) is 0.219. The number of amides is 2. The summed E-state index contributed by atoms with van der Waals surface area (Å²) in [5, 5.41) is 9.64. The summed E-state index contributed by atoms with van der Waals surface area (Å²) in [6.45, 7) is 6.22. The van der Waals surface area contributed by atoms with Crippen molar-refractivity contribution in [3.05, 3.63) is 130 Å². The fourth-order valence-corrected chi connectivity index (χ4v) is 7.72. The summed E-state index contributed by atoms with van der Waals surface area (Å²) in [5.41, 5.74) is 6.54. The molecule has 258 valence electrons.